The molecule has 0 bridgehead atoms. The van der Waals surface area contributed by atoms with E-state index in [1.54, 1.807) is 12.1 Å². The lowest BCUT2D eigenvalue weighted by Gasteiger charge is -2.09. The van der Waals surface area contributed by atoms with E-state index in [0.717, 1.165) is 22.4 Å². The lowest BCUT2D eigenvalue weighted by atomic mass is 10.1. The Morgan fingerprint density at radius 3 is 2.38 bits per heavy atom. The van der Waals surface area contributed by atoms with Gasteiger partial charge in [-0.05, 0) is 36.2 Å². The van der Waals surface area contributed by atoms with E-state index in [9.17, 15) is 13.2 Å². The monoisotopic (exact) mass is 388 g/mol. The van der Waals surface area contributed by atoms with Crippen molar-refractivity contribution in [3.05, 3.63) is 65.0 Å². The summed E-state index contributed by atoms with van der Waals surface area (Å²) >= 11 is 1.27. The van der Waals surface area contributed by atoms with E-state index in [-0.39, 0.29) is 11.4 Å². The average molecular weight is 388 g/mol. The van der Waals surface area contributed by atoms with Gasteiger partial charge in [-0.1, -0.05) is 46.4 Å². The van der Waals surface area contributed by atoms with Crippen LogP contribution in [0.5, 0.6) is 0 Å². The highest BCUT2D eigenvalue weighted by molar-refractivity contribution is 7.90. The van der Waals surface area contributed by atoms with Crippen molar-refractivity contribution in [3.63, 3.8) is 0 Å². The molecule has 1 aromatic heterocycles. The Morgan fingerprint density at radius 2 is 1.77 bits per heavy atom. The highest BCUT2D eigenvalue weighted by Gasteiger charge is 2.17. The van der Waals surface area contributed by atoms with Crippen LogP contribution in [0.1, 0.15) is 11.1 Å². The predicted octanol–water partition coefficient (Wildman–Crippen LogP) is 2.70. The SMILES string of the molecule is Cc1ccc(S(=O)(=O)NC(=O)NCc2ccc(-c3csnn3)cc2)cc1. The third-order valence-electron chi connectivity index (χ3n) is 3.62. The number of benzene rings is 2. The number of nitrogens with one attached hydrogen (secondary N) is 2. The largest absolute Gasteiger partial charge is 0.333 e. The summed E-state index contributed by atoms with van der Waals surface area (Å²) in [7, 11) is -3.89. The molecule has 3 rings (SSSR count). The van der Waals surface area contributed by atoms with Gasteiger partial charge in [0.1, 0.15) is 5.69 Å². The second kappa shape index (κ2) is 7.63. The number of aromatic nitrogens is 2. The minimum atomic E-state index is -3.89. The zero-order chi connectivity index (χ0) is 18.6. The standard InChI is InChI=1S/C17H16N4O3S2/c1-12-2-8-15(9-3-12)26(23,24)20-17(22)18-10-13-4-6-14(7-5-13)16-11-25-21-19-16/h2-9,11H,10H2,1H3,(H2,18,20,22). The van der Waals surface area contributed by atoms with Crippen LogP contribution in [-0.2, 0) is 16.6 Å². The maximum atomic E-state index is 12.2. The molecule has 2 amide bonds. The van der Waals surface area contributed by atoms with Crippen molar-refractivity contribution in [1.29, 1.82) is 0 Å². The fraction of sp³-hybridized carbons (Fsp3) is 0.118. The van der Waals surface area contributed by atoms with Gasteiger partial charge in [0, 0.05) is 17.5 Å². The van der Waals surface area contributed by atoms with Crippen LogP contribution in [0.25, 0.3) is 11.3 Å². The Morgan fingerprint density at radius 1 is 1.08 bits per heavy atom. The second-order valence-electron chi connectivity index (χ2n) is 5.59. The number of rotatable bonds is 5. The molecule has 0 radical (unpaired) electrons. The average Bonchev–Trinajstić information content (AvgIpc) is 3.15. The molecule has 0 spiro atoms. The van der Waals surface area contributed by atoms with Crippen LogP contribution in [0.4, 0.5) is 4.79 Å². The topological polar surface area (TPSA) is 101 Å². The summed E-state index contributed by atoms with van der Waals surface area (Å²) in [6, 6.07) is 12.9. The van der Waals surface area contributed by atoms with Crippen LogP contribution < -0.4 is 10.0 Å². The zero-order valence-corrected chi connectivity index (χ0v) is 15.5. The molecule has 7 nitrogen and oxygen atoms in total. The second-order valence-corrected chi connectivity index (χ2v) is 7.88. The molecule has 134 valence electrons. The molecule has 0 saturated heterocycles. The van der Waals surface area contributed by atoms with Crippen LogP contribution in [0.2, 0.25) is 0 Å². The summed E-state index contributed by atoms with van der Waals surface area (Å²) in [5, 5.41) is 8.37. The van der Waals surface area contributed by atoms with Gasteiger partial charge in [-0.2, -0.15) is 0 Å². The third-order valence-corrected chi connectivity index (χ3v) is 5.47. The van der Waals surface area contributed by atoms with Gasteiger partial charge in [0.05, 0.1) is 4.90 Å². The molecule has 1 heterocycles. The molecule has 9 heteroatoms. The van der Waals surface area contributed by atoms with E-state index in [2.05, 4.69) is 14.9 Å². The van der Waals surface area contributed by atoms with E-state index in [0.29, 0.717) is 0 Å². The normalized spacial score (nSPS) is 11.1. The summed E-state index contributed by atoms with van der Waals surface area (Å²) in [6.45, 7) is 2.05. The van der Waals surface area contributed by atoms with E-state index in [4.69, 9.17) is 0 Å². The molecule has 3 aromatic rings. The number of hydrogen-bond donors (Lipinski definition) is 2. The van der Waals surface area contributed by atoms with Gasteiger partial charge in [0.15, 0.2) is 0 Å². The predicted molar refractivity (Wildman–Crippen MR) is 99.1 cm³/mol. The Labute approximate surface area is 155 Å². The Kier molecular flexibility index (Phi) is 5.29. The van der Waals surface area contributed by atoms with Crippen molar-refractivity contribution in [2.75, 3.05) is 0 Å². The number of aryl methyl sites for hydroxylation is 1. The Balaban J connectivity index is 1.57. The third kappa shape index (κ3) is 4.44. The molecule has 0 aliphatic rings. The summed E-state index contributed by atoms with van der Waals surface area (Å²) < 4.78 is 30.1. The molecule has 2 aromatic carbocycles. The summed E-state index contributed by atoms with van der Waals surface area (Å²) in [4.78, 5) is 11.9. The summed E-state index contributed by atoms with van der Waals surface area (Å²) in [6.07, 6.45) is 0. The summed E-state index contributed by atoms with van der Waals surface area (Å²) in [5.41, 5.74) is 3.48. The van der Waals surface area contributed by atoms with Gasteiger partial charge in [-0.3, -0.25) is 0 Å². The van der Waals surface area contributed by atoms with Crippen molar-refractivity contribution in [2.24, 2.45) is 0 Å². The van der Waals surface area contributed by atoms with Crippen LogP contribution in [0.3, 0.4) is 0 Å². The molecule has 0 saturated carbocycles. The maximum Gasteiger partial charge on any atom is 0.328 e. The van der Waals surface area contributed by atoms with Gasteiger partial charge in [-0.15, -0.1) is 5.10 Å². The van der Waals surface area contributed by atoms with E-state index in [1.807, 2.05) is 41.3 Å². The first-order chi connectivity index (χ1) is 12.4. The van der Waals surface area contributed by atoms with Gasteiger partial charge in [0.2, 0.25) is 0 Å². The minimum Gasteiger partial charge on any atom is -0.333 e. The molecule has 26 heavy (non-hydrogen) atoms. The van der Waals surface area contributed by atoms with Crippen molar-refractivity contribution in [1.82, 2.24) is 19.6 Å². The van der Waals surface area contributed by atoms with Crippen LogP contribution >= 0.6 is 11.5 Å². The van der Waals surface area contributed by atoms with Crippen molar-refractivity contribution < 1.29 is 13.2 Å². The molecule has 2 N–H and O–H groups in total. The van der Waals surface area contributed by atoms with E-state index < -0.39 is 16.1 Å². The first kappa shape index (κ1) is 18.0. The Bertz CT molecular complexity index is 984. The fourth-order valence-electron chi connectivity index (χ4n) is 2.20. The first-order valence-corrected chi connectivity index (χ1v) is 10.00. The quantitative estimate of drug-likeness (QED) is 0.700. The molecule has 0 unspecified atom stereocenters. The molecular weight excluding hydrogens is 372 g/mol. The smallest absolute Gasteiger partial charge is 0.328 e. The maximum absolute atomic E-state index is 12.2. The molecule has 0 fully saturated rings. The lowest BCUT2D eigenvalue weighted by molar-refractivity contribution is 0.245. The number of urea groups is 1. The minimum absolute atomic E-state index is 0.0412. The summed E-state index contributed by atoms with van der Waals surface area (Å²) in [5.74, 6) is 0. The van der Waals surface area contributed by atoms with Gasteiger partial charge < -0.3 is 5.32 Å². The number of carbonyl (C=O) groups excluding carboxylic acids is 1. The van der Waals surface area contributed by atoms with Gasteiger partial charge >= 0.3 is 6.03 Å². The first-order valence-electron chi connectivity index (χ1n) is 7.68. The fourth-order valence-corrected chi connectivity index (χ4v) is 3.59. The molecular formula is C17H16N4O3S2. The molecule has 0 aliphatic carbocycles. The number of carbonyl (C=O) groups is 1. The van der Waals surface area contributed by atoms with Crippen LogP contribution in [0.15, 0.2) is 58.8 Å². The van der Waals surface area contributed by atoms with E-state index in [1.165, 1.54) is 23.7 Å². The van der Waals surface area contributed by atoms with Gasteiger partial charge in [-0.25, -0.2) is 17.9 Å². The molecule has 0 aliphatic heterocycles. The zero-order valence-electron chi connectivity index (χ0n) is 13.8. The van der Waals surface area contributed by atoms with Crippen molar-refractivity contribution in [3.8, 4) is 11.3 Å². The van der Waals surface area contributed by atoms with Gasteiger partial charge in [0.25, 0.3) is 10.0 Å². The lowest BCUT2D eigenvalue weighted by Crippen LogP contribution is -2.39. The highest BCUT2D eigenvalue weighted by atomic mass is 32.2. The highest BCUT2D eigenvalue weighted by Crippen LogP contribution is 2.18. The van der Waals surface area contributed by atoms with E-state index >= 15 is 0 Å². The number of hydrogen-bond acceptors (Lipinski definition) is 6. The number of sulfonamides is 1. The van der Waals surface area contributed by atoms with Crippen LogP contribution in [0, 0.1) is 6.92 Å². The Hall–Kier alpha value is -2.78. The van der Waals surface area contributed by atoms with Crippen LogP contribution in [-0.4, -0.2) is 24.0 Å². The van der Waals surface area contributed by atoms with Crippen molar-refractivity contribution >= 4 is 27.6 Å². The number of nitrogens with zero attached hydrogens (tertiary/aromatic N) is 2. The molecule has 0 atom stereocenters. The number of amides is 2. The van der Waals surface area contributed by atoms with Crippen molar-refractivity contribution in [2.45, 2.75) is 18.4 Å².